The second-order valence-corrected chi connectivity index (χ2v) is 4.71. The maximum absolute atomic E-state index is 13.8. The van der Waals surface area contributed by atoms with Crippen LogP contribution in [-0.4, -0.2) is 21.1 Å². The number of hydrogen-bond acceptors (Lipinski definition) is 7. The molecule has 7 nitrogen and oxygen atoms in total. The number of nitrogens with zero attached hydrogens (tertiary/aromatic N) is 3. The number of halogens is 2. The van der Waals surface area contributed by atoms with Gasteiger partial charge in [-0.25, -0.2) is 10.2 Å². The number of hydrogen-bond donors (Lipinski definition) is 3. The van der Waals surface area contributed by atoms with E-state index in [1.165, 1.54) is 12.1 Å². The predicted octanol–water partition coefficient (Wildman–Crippen LogP) is 2.48. The Labute approximate surface area is 125 Å². The van der Waals surface area contributed by atoms with E-state index in [1.54, 1.807) is 6.07 Å². The van der Waals surface area contributed by atoms with Crippen LogP contribution in [-0.2, 0) is 0 Å². The lowest BCUT2D eigenvalue weighted by molar-refractivity contribution is 0.222. The topological polar surface area (TPSA) is 98.0 Å². The van der Waals surface area contributed by atoms with Crippen molar-refractivity contribution in [1.29, 1.82) is 0 Å². The highest BCUT2D eigenvalue weighted by atomic mass is 35.5. The van der Waals surface area contributed by atoms with Crippen molar-refractivity contribution in [3.05, 3.63) is 29.0 Å². The van der Waals surface area contributed by atoms with Crippen LogP contribution in [0.5, 0.6) is 6.01 Å². The zero-order valence-electron chi connectivity index (χ0n) is 11.4. The number of nitrogens with two attached hydrogens (primary N) is 1. The Balaban J connectivity index is 2.32. The summed E-state index contributed by atoms with van der Waals surface area (Å²) < 4.78 is 19.2. The van der Waals surface area contributed by atoms with E-state index in [2.05, 4.69) is 25.7 Å². The van der Waals surface area contributed by atoms with Gasteiger partial charge in [0, 0.05) is 0 Å². The number of nitrogen functional groups attached to an aromatic ring is 1. The standard InChI is InChI=1S/C12H14ClFN6O/c1-6(2)21-12-18-10(17-11(19-12)20-15)16-8-5-3-4-7(13)9(8)14/h3-6H,15H2,1-2H3,(H2,16,17,18,19,20). The van der Waals surface area contributed by atoms with Gasteiger partial charge in [0.15, 0.2) is 5.82 Å². The monoisotopic (exact) mass is 312 g/mol. The third-order valence-corrected chi connectivity index (χ3v) is 2.58. The van der Waals surface area contributed by atoms with E-state index in [1.807, 2.05) is 13.8 Å². The van der Waals surface area contributed by atoms with Crippen LogP contribution >= 0.6 is 11.6 Å². The molecule has 0 aliphatic carbocycles. The molecule has 1 aromatic carbocycles. The fourth-order valence-electron chi connectivity index (χ4n) is 1.46. The summed E-state index contributed by atoms with van der Waals surface area (Å²) in [6, 6.07) is 4.61. The SMILES string of the molecule is CC(C)Oc1nc(NN)nc(Nc2cccc(Cl)c2F)n1. The molecule has 0 radical (unpaired) electrons. The van der Waals surface area contributed by atoms with E-state index in [-0.39, 0.29) is 34.7 Å². The minimum atomic E-state index is -0.604. The molecule has 0 spiro atoms. The van der Waals surface area contributed by atoms with Gasteiger partial charge < -0.3 is 10.1 Å². The van der Waals surface area contributed by atoms with Crippen LogP contribution in [0.1, 0.15) is 13.8 Å². The van der Waals surface area contributed by atoms with Crippen molar-refractivity contribution in [3.63, 3.8) is 0 Å². The second kappa shape index (κ2) is 6.51. The zero-order valence-corrected chi connectivity index (χ0v) is 12.1. The van der Waals surface area contributed by atoms with Gasteiger partial charge in [-0.3, -0.25) is 5.43 Å². The van der Waals surface area contributed by atoms with Crippen molar-refractivity contribution in [3.8, 4) is 6.01 Å². The maximum atomic E-state index is 13.8. The van der Waals surface area contributed by atoms with Crippen LogP contribution < -0.4 is 21.3 Å². The molecule has 0 saturated carbocycles. The number of rotatable bonds is 5. The molecule has 21 heavy (non-hydrogen) atoms. The second-order valence-electron chi connectivity index (χ2n) is 4.30. The number of hydrazine groups is 1. The molecule has 0 aliphatic rings. The zero-order chi connectivity index (χ0) is 15.4. The first-order chi connectivity index (χ1) is 9.99. The van der Waals surface area contributed by atoms with Gasteiger partial charge in [-0.2, -0.15) is 15.0 Å². The highest BCUT2D eigenvalue weighted by molar-refractivity contribution is 6.31. The summed E-state index contributed by atoms with van der Waals surface area (Å²) in [5.41, 5.74) is 2.42. The van der Waals surface area contributed by atoms with Gasteiger partial charge in [-0.15, -0.1) is 0 Å². The Morgan fingerprint density at radius 3 is 2.62 bits per heavy atom. The summed E-state index contributed by atoms with van der Waals surface area (Å²) in [7, 11) is 0. The van der Waals surface area contributed by atoms with Gasteiger partial charge >= 0.3 is 6.01 Å². The molecule has 112 valence electrons. The number of benzene rings is 1. The molecule has 1 aromatic heterocycles. The van der Waals surface area contributed by atoms with Gasteiger partial charge in [-0.05, 0) is 26.0 Å². The summed E-state index contributed by atoms with van der Waals surface area (Å²) in [4.78, 5) is 11.9. The molecule has 9 heteroatoms. The van der Waals surface area contributed by atoms with Crippen molar-refractivity contribution >= 4 is 29.2 Å². The normalized spacial score (nSPS) is 10.6. The Hall–Kier alpha value is -2.19. The Morgan fingerprint density at radius 2 is 1.95 bits per heavy atom. The minimum Gasteiger partial charge on any atom is -0.461 e. The molecule has 1 heterocycles. The molecule has 0 amide bonds. The van der Waals surface area contributed by atoms with E-state index in [9.17, 15) is 4.39 Å². The smallest absolute Gasteiger partial charge is 0.323 e. The lowest BCUT2D eigenvalue weighted by atomic mass is 10.3. The summed E-state index contributed by atoms with van der Waals surface area (Å²) in [5.74, 6) is 4.85. The lowest BCUT2D eigenvalue weighted by Crippen LogP contribution is -2.15. The van der Waals surface area contributed by atoms with Crippen molar-refractivity contribution in [2.24, 2.45) is 5.84 Å². The van der Waals surface area contributed by atoms with Crippen LogP contribution in [0.15, 0.2) is 18.2 Å². The van der Waals surface area contributed by atoms with Gasteiger partial charge in [0.25, 0.3) is 0 Å². The van der Waals surface area contributed by atoms with Crippen LogP contribution in [0.4, 0.5) is 22.0 Å². The quantitative estimate of drug-likeness (QED) is 0.576. The molecule has 4 N–H and O–H groups in total. The lowest BCUT2D eigenvalue weighted by Gasteiger charge is -2.11. The van der Waals surface area contributed by atoms with E-state index < -0.39 is 5.82 Å². The number of aromatic nitrogens is 3. The third-order valence-electron chi connectivity index (χ3n) is 2.28. The maximum Gasteiger partial charge on any atom is 0.323 e. The van der Waals surface area contributed by atoms with Crippen molar-refractivity contribution in [1.82, 2.24) is 15.0 Å². The van der Waals surface area contributed by atoms with Crippen molar-refractivity contribution in [2.45, 2.75) is 20.0 Å². The average molecular weight is 313 g/mol. The highest BCUT2D eigenvalue weighted by Crippen LogP contribution is 2.24. The first-order valence-corrected chi connectivity index (χ1v) is 6.47. The molecule has 0 fully saturated rings. The van der Waals surface area contributed by atoms with Crippen molar-refractivity contribution < 1.29 is 9.13 Å². The molecule has 2 rings (SSSR count). The summed E-state index contributed by atoms with van der Waals surface area (Å²) >= 11 is 5.71. The van der Waals surface area contributed by atoms with Crippen LogP contribution in [0.25, 0.3) is 0 Å². The van der Waals surface area contributed by atoms with Crippen LogP contribution in [0.2, 0.25) is 5.02 Å². The molecule has 0 saturated heterocycles. The van der Waals surface area contributed by atoms with Gasteiger partial charge in [-0.1, -0.05) is 17.7 Å². The predicted molar refractivity (Wildman–Crippen MR) is 78.1 cm³/mol. The molecular formula is C12H14ClFN6O. The van der Waals surface area contributed by atoms with Gasteiger partial charge in [0.05, 0.1) is 16.8 Å². The van der Waals surface area contributed by atoms with Gasteiger partial charge in [0.2, 0.25) is 11.9 Å². The molecule has 0 atom stereocenters. The van der Waals surface area contributed by atoms with E-state index in [0.717, 1.165) is 0 Å². The summed E-state index contributed by atoms with van der Waals surface area (Å²) in [5, 5.41) is 2.69. The van der Waals surface area contributed by atoms with E-state index in [0.29, 0.717) is 0 Å². The summed E-state index contributed by atoms with van der Waals surface area (Å²) in [6.07, 6.45) is -0.131. The highest BCUT2D eigenvalue weighted by Gasteiger charge is 2.11. The number of anilines is 3. The number of ether oxygens (including phenoxy) is 1. The Kier molecular flexibility index (Phi) is 4.71. The fourth-order valence-corrected chi connectivity index (χ4v) is 1.64. The summed E-state index contributed by atoms with van der Waals surface area (Å²) in [6.45, 7) is 3.64. The first kappa shape index (κ1) is 15.2. The van der Waals surface area contributed by atoms with E-state index in [4.69, 9.17) is 22.2 Å². The molecule has 0 unspecified atom stereocenters. The molecule has 0 aliphatic heterocycles. The number of nitrogens with one attached hydrogen (secondary N) is 2. The average Bonchev–Trinajstić information content (AvgIpc) is 2.43. The van der Waals surface area contributed by atoms with Crippen LogP contribution in [0, 0.1) is 5.82 Å². The van der Waals surface area contributed by atoms with Gasteiger partial charge in [0.1, 0.15) is 0 Å². The molecular weight excluding hydrogens is 299 g/mol. The van der Waals surface area contributed by atoms with Crippen LogP contribution in [0.3, 0.4) is 0 Å². The first-order valence-electron chi connectivity index (χ1n) is 6.10. The fraction of sp³-hybridized carbons (Fsp3) is 0.250. The largest absolute Gasteiger partial charge is 0.461 e. The van der Waals surface area contributed by atoms with Crippen molar-refractivity contribution in [2.75, 3.05) is 10.7 Å². The third kappa shape index (κ3) is 3.89. The van der Waals surface area contributed by atoms with E-state index >= 15 is 0 Å². The molecule has 0 bridgehead atoms. The minimum absolute atomic E-state index is 0.00937. The molecule has 2 aromatic rings. The Bertz CT molecular complexity index is 639. The Morgan fingerprint density at radius 1 is 1.24 bits per heavy atom.